The highest BCUT2D eigenvalue weighted by atomic mass is 35.5. The van der Waals surface area contributed by atoms with Crippen LogP contribution < -0.4 is 4.74 Å². The smallest absolute Gasteiger partial charge is 0.387 e. The summed E-state index contributed by atoms with van der Waals surface area (Å²) in [6.45, 7) is -2.84. The minimum atomic E-state index is -2.84. The standard InChI is InChI=1S/C15H12Cl2F2O/c16-12-5-1-3-10(7-12)8-14(17)11-4-2-6-13(9-11)20-15(18)19/h1-7,9,14-15H,8H2. The largest absolute Gasteiger partial charge is 0.435 e. The van der Waals surface area contributed by atoms with E-state index in [1.807, 2.05) is 18.2 Å². The van der Waals surface area contributed by atoms with Crippen LogP contribution in [0.1, 0.15) is 16.5 Å². The normalized spacial score (nSPS) is 12.4. The number of rotatable bonds is 5. The van der Waals surface area contributed by atoms with Gasteiger partial charge in [-0.2, -0.15) is 8.78 Å². The first-order chi connectivity index (χ1) is 9.54. The molecule has 5 heteroatoms. The second kappa shape index (κ2) is 6.91. The fourth-order valence-corrected chi connectivity index (χ4v) is 2.40. The Morgan fingerprint density at radius 2 is 1.80 bits per heavy atom. The van der Waals surface area contributed by atoms with E-state index in [4.69, 9.17) is 23.2 Å². The van der Waals surface area contributed by atoms with Crippen LogP contribution in [-0.2, 0) is 6.42 Å². The number of halogens is 4. The molecule has 2 aromatic carbocycles. The summed E-state index contributed by atoms with van der Waals surface area (Å²) in [6, 6.07) is 13.8. The molecule has 0 N–H and O–H groups in total. The molecule has 0 aliphatic rings. The minimum Gasteiger partial charge on any atom is -0.435 e. The van der Waals surface area contributed by atoms with E-state index in [0.29, 0.717) is 11.4 Å². The number of hydrogen-bond donors (Lipinski definition) is 0. The van der Waals surface area contributed by atoms with Crippen LogP contribution >= 0.6 is 23.2 Å². The summed E-state index contributed by atoms with van der Waals surface area (Å²) < 4.78 is 28.7. The number of hydrogen-bond acceptors (Lipinski definition) is 1. The molecule has 0 amide bonds. The molecule has 0 bridgehead atoms. The third kappa shape index (κ3) is 4.36. The second-order valence-electron chi connectivity index (χ2n) is 4.25. The molecule has 1 atom stereocenters. The monoisotopic (exact) mass is 316 g/mol. The molecule has 2 rings (SSSR count). The van der Waals surface area contributed by atoms with E-state index in [-0.39, 0.29) is 11.1 Å². The molecule has 0 saturated heterocycles. The molecule has 0 aliphatic carbocycles. The zero-order valence-electron chi connectivity index (χ0n) is 10.4. The van der Waals surface area contributed by atoms with Crippen molar-refractivity contribution in [1.82, 2.24) is 0 Å². The number of alkyl halides is 3. The predicted molar refractivity (Wildman–Crippen MR) is 76.8 cm³/mol. The lowest BCUT2D eigenvalue weighted by Gasteiger charge is -2.12. The Hall–Kier alpha value is -1.32. The fourth-order valence-electron chi connectivity index (χ4n) is 1.87. The molecule has 20 heavy (non-hydrogen) atoms. The zero-order chi connectivity index (χ0) is 14.5. The lowest BCUT2D eigenvalue weighted by molar-refractivity contribution is -0.0498. The molecule has 0 saturated carbocycles. The third-order valence-electron chi connectivity index (χ3n) is 2.75. The van der Waals surface area contributed by atoms with E-state index in [0.717, 1.165) is 11.1 Å². The van der Waals surface area contributed by atoms with Gasteiger partial charge in [-0.05, 0) is 41.8 Å². The number of ether oxygens (including phenoxy) is 1. The maximum absolute atomic E-state index is 12.2. The van der Waals surface area contributed by atoms with Crippen molar-refractivity contribution in [2.24, 2.45) is 0 Å². The van der Waals surface area contributed by atoms with Gasteiger partial charge in [0.25, 0.3) is 0 Å². The number of benzene rings is 2. The van der Waals surface area contributed by atoms with E-state index < -0.39 is 6.61 Å². The van der Waals surface area contributed by atoms with Gasteiger partial charge in [0.15, 0.2) is 0 Å². The van der Waals surface area contributed by atoms with Crippen molar-refractivity contribution in [3.63, 3.8) is 0 Å². The fraction of sp³-hybridized carbons (Fsp3) is 0.200. The van der Waals surface area contributed by atoms with E-state index in [9.17, 15) is 8.78 Å². The van der Waals surface area contributed by atoms with Crippen LogP contribution in [0.3, 0.4) is 0 Å². The van der Waals surface area contributed by atoms with Gasteiger partial charge in [0.1, 0.15) is 5.75 Å². The van der Waals surface area contributed by atoms with Crippen molar-refractivity contribution in [3.05, 3.63) is 64.7 Å². The van der Waals surface area contributed by atoms with Gasteiger partial charge in [-0.1, -0.05) is 35.9 Å². The third-order valence-corrected chi connectivity index (χ3v) is 3.39. The van der Waals surface area contributed by atoms with Gasteiger partial charge in [-0.15, -0.1) is 11.6 Å². The molecule has 1 unspecified atom stereocenters. The van der Waals surface area contributed by atoms with E-state index in [1.54, 1.807) is 18.2 Å². The molecular formula is C15H12Cl2F2O. The lowest BCUT2D eigenvalue weighted by atomic mass is 10.0. The van der Waals surface area contributed by atoms with Crippen LogP contribution in [0.4, 0.5) is 8.78 Å². The highest BCUT2D eigenvalue weighted by Crippen LogP contribution is 2.28. The average molecular weight is 317 g/mol. The van der Waals surface area contributed by atoms with Gasteiger partial charge in [0.2, 0.25) is 0 Å². The summed E-state index contributed by atoms with van der Waals surface area (Å²) in [5, 5.41) is 0.302. The van der Waals surface area contributed by atoms with Crippen LogP contribution in [0.15, 0.2) is 48.5 Å². The van der Waals surface area contributed by atoms with Gasteiger partial charge >= 0.3 is 6.61 Å². The maximum Gasteiger partial charge on any atom is 0.387 e. The predicted octanol–water partition coefficient (Wildman–Crippen LogP) is 5.46. The Kier molecular flexibility index (Phi) is 5.21. The van der Waals surface area contributed by atoms with Crippen LogP contribution in [-0.4, -0.2) is 6.61 Å². The van der Waals surface area contributed by atoms with Gasteiger partial charge < -0.3 is 4.74 Å². The molecule has 0 aliphatic heterocycles. The van der Waals surface area contributed by atoms with E-state index >= 15 is 0 Å². The first-order valence-corrected chi connectivity index (χ1v) is 6.79. The van der Waals surface area contributed by atoms with Gasteiger partial charge in [0, 0.05) is 5.02 Å². The highest BCUT2D eigenvalue weighted by Gasteiger charge is 2.11. The highest BCUT2D eigenvalue weighted by molar-refractivity contribution is 6.30. The van der Waals surface area contributed by atoms with Crippen molar-refractivity contribution >= 4 is 23.2 Å². The summed E-state index contributed by atoms with van der Waals surface area (Å²) in [7, 11) is 0. The van der Waals surface area contributed by atoms with Crippen molar-refractivity contribution in [3.8, 4) is 5.75 Å². The van der Waals surface area contributed by atoms with Crippen LogP contribution in [0.5, 0.6) is 5.75 Å². The van der Waals surface area contributed by atoms with Crippen molar-refractivity contribution in [2.45, 2.75) is 18.4 Å². The summed E-state index contributed by atoms with van der Waals surface area (Å²) in [4.78, 5) is 0. The Morgan fingerprint density at radius 3 is 2.50 bits per heavy atom. The van der Waals surface area contributed by atoms with Crippen LogP contribution in [0, 0.1) is 0 Å². The first-order valence-electron chi connectivity index (χ1n) is 5.98. The molecule has 0 radical (unpaired) electrons. The lowest BCUT2D eigenvalue weighted by Crippen LogP contribution is -2.03. The summed E-state index contributed by atoms with van der Waals surface area (Å²) >= 11 is 12.2. The molecule has 0 heterocycles. The maximum atomic E-state index is 12.2. The van der Waals surface area contributed by atoms with E-state index in [2.05, 4.69) is 4.74 Å². The molecule has 106 valence electrons. The molecule has 0 spiro atoms. The van der Waals surface area contributed by atoms with E-state index in [1.165, 1.54) is 12.1 Å². The summed E-state index contributed by atoms with van der Waals surface area (Å²) in [5.74, 6) is 0.106. The zero-order valence-corrected chi connectivity index (χ0v) is 11.9. The van der Waals surface area contributed by atoms with Gasteiger partial charge in [-0.3, -0.25) is 0 Å². The SMILES string of the molecule is FC(F)Oc1cccc(C(Cl)Cc2cccc(Cl)c2)c1. The first kappa shape index (κ1) is 15.1. The Bertz CT molecular complexity index is 575. The molecular weight excluding hydrogens is 305 g/mol. The van der Waals surface area contributed by atoms with Crippen molar-refractivity contribution in [1.29, 1.82) is 0 Å². The topological polar surface area (TPSA) is 9.23 Å². The van der Waals surface area contributed by atoms with Crippen LogP contribution in [0.25, 0.3) is 0 Å². The van der Waals surface area contributed by atoms with Gasteiger partial charge in [-0.25, -0.2) is 0 Å². The van der Waals surface area contributed by atoms with Crippen molar-refractivity contribution < 1.29 is 13.5 Å². The summed E-state index contributed by atoms with van der Waals surface area (Å²) in [5.41, 5.74) is 1.71. The molecule has 2 aromatic rings. The molecule has 0 aromatic heterocycles. The Morgan fingerprint density at radius 1 is 1.05 bits per heavy atom. The quantitative estimate of drug-likeness (QED) is 0.665. The Balaban J connectivity index is 2.10. The van der Waals surface area contributed by atoms with Crippen LogP contribution in [0.2, 0.25) is 5.02 Å². The molecule has 0 fully saturated rings. The molecule has 1 nitrogen and oxygen atoms in total. The second-order valence-corrected chi connectivity index (χ2v) is 5.22. The summed E-state index contributed by atoms with van der Waals surface area (Å²) in [6.07, 6.45) is 0.556. The minimum absolute atomic E-state index is 0.106. The van der Waals surface area contributed by atoms with Crippen molar-refractivity contribution in [2.75, 3.05) is 0 Å². The Labute approximate surface area is 126 Å². The average Bonchev–Trinajstić information content (AvgIpc) is 2.38. The van der Waals surface area contributed by atoms with Gasteiger partial charge in [0.05, 0.1) is 5.38 Å².